The molecule has 120 valence electrons. The molecular weight excluding hydrogens is 368 g/mol. The van der Waals surface area contributed by atoms with Crippen LogP contribution in [0.1, 0.15) is 17.3 Å². The molecular formula is C13H13BrN6O3. The number of aromatic nitrogens is 2. The fourth-order valence-corrected chi connectivity index (χ4v) is 1.99. The van der Waals surface area contributed by atoms with Crippen LogP contribution in [0.5, 0.6) is 0 Å². The molecule has 1 aromatic heterocycles. The van der Waals surface area contributed by atoms with E-state index in [0.29, 0.717) is 12.1 Å². The maximum absolute atomic E-state index is 12.0. The molecule has 0 unspecified atom stereocenters. The topological polar surface area (TPSA) is 122 Å². The summed E-state index contributed by atoms with van der Waals surface area (Å²) in [6.45, 7) is 2.25. The molecule has 9 nitrogen and oxygen atoms in total. The highest BCUT2D eigenvalue weighted by atomic mass is 79.9. The van der Waals surface area contributed by atoms with E-state index in [4.69, 9.17) is 0 Å². The van der Waals surface area contributed by atoms with Crippen LogP contribution in [-0.2, 0) is 0 Å². The Morgan fingerprint density at radius 2 is 1.91 bits per heavy atom. The van der Waals surface area contributed by atoms with E-state index in [1.165, 1.54) is 6.33 Å². The van der Waals surface area contributed by atoms with E-state index in [1.54, 1.807) is 31.2 Å². The maximum atomic E-state index is 12.0. The first-order chi connectivity index (χ1) is 11.0. The van der Waals surface area contributed by atoms with Gasteiger partial charge in [0.05, 0.1) is 4.92 Å². The zero-order chi connectivity index (χ0) is 16.8. The van der Waals surface area contributed by atoms with Crippen LogP contribution in [0.25, 0.3) is 0 Å². The lowest BCUT2D eigenvalue weighted by molar-refractivity contribution is -0.383. The van der Waals surface area contributed by atoms with E-state index in [1.807, 2.05) is 0 Å². The van der Waals surface area contributed by atoms with Crippen LogP contribution in [0.4, 0.5) is 17.3 Å². The lowest BCUT2D eigenvalue weighted by Crippen LogP contribution is -2.30. The van der Waals surface area contributed by atoms with Crippen molar-refractivity contribution in [2.75, 3.05) is 17.3 Å². The van der Waals surface area contributed by atoms with Gasteiger partial charge in [0.25, 0.3) is 5.91 Å². The highest BCUT2D eigenvalue weighted by molar-refractivity contribution is 9.10. The second-order valence-electron chi connectivity index (χ2n) is 4.29. The molecule has 23 heavy (non-hydrogen) atoms. The number of hydrazine groups is 1. The molecule has 0 fully saturated rings. The summed E-state index contributed by atoms with van der Waals surface area (Å²) in [6.07, 6.45) is 1.17. The summed E-state index contributed by atoms with van der Waals surface area (Å²) >= 11 is 3.27. The highest BCUT2D eigenvalue weighted by Crippen LogP contribution is 2.28. The molecule has 2 aromatic rings. The predicted molar refractivity (Wildman–Crippen MR) is 88.1 cm³/mol. The standard InChI is InChI=1S/C13H13BrN6O3/c1-2-15-11-10(20(22)23)12(17-7-16-11)18-19-13(21)8-3-5-9(14)6-4-8/h3-7H,2H2,1H3,(H,19,21)(H2,15,16,17,18). The van der Waals surface area contributed by atoms with Gasteiger partial charge in [-0.3, -0.25) is 25.8 Å². The molecule has 2 rings (SSSR count). The Kier molecular flexibility index (Phi) is 5.41. The van der Waals surface area contributed by atoms with Crippen LogP contribution in [0, 0.1) is 10.1 Å². The van der Waals surface area contributed by atoms with E-state index in [2.05, 4.69) is 42.1 Å². The van der Waals surface area contributed by atoms with E-state index >= 15 is 0 Å². The van der Waals surface area contributed by atoms with Crippen LogP contribution in [-0.4, -0.2) is 27.3 Å². The van der Waals surface area contributed by atoms with Gasteiger partial charge < -0.3 is 5.32 Å². The van der Waals surface area contributed by atoms with Crippen molar-refractivity contribution in [1.29, 1.82) is 0 Å². The maximum Gasteiger partial charge on any atom is 0.354 e. The van der Waals surface area contributed by atoms with Crippen LogP contribution in [0.2, 0.25) is 0 Å². The van der Waals surface area contributed by atoms with Gasteiger partial charge in [-0.1, -0.05) is 15.9 Å². The zero-order valence-corrected chi connectivity index (χ0v) is 13.6. The van der Waals surface area contributed by atoms with Crippen molar-refractivity contribution in [2.45, 2.75) is 6.92 Å². The Morgan fingerprint density at radius 1 is 1.26 bits per heavy atom. The second-order valence-corrected chi connectivity index (χ2v) is 5.21. The Bertz CT molecular complexity index is 722. The Hall–Kier alpha value is -2.75. The minimum absolute atomic E-state index is 0.0768. The summed E-state index contributed by atoms with van der Waals surface area (Å²) in [5, 5.41) is 14.0. The van der Waals surface area contributed by atoms with Crippen molar-refractivity contribution in [3.05, 3.63) is 50.7 Å². The molecule has 10 heteroatoms. The number of nitro groups is 1. The molecule has 0 atom stereocenters. The predicted octanol–water partition coefficient (Wildman–Crippen LogP) is 2.34. The van der Waals surface area contributed by atoms with E-state index < -0.39 is 10.8 Å². The van der Waals surface area contributed by atoms with E-state index in [9.17, 15) is 14.9 Å². The molecule has 0 bridgehead atoms. The van der Waals surface area contributed by atoms with Crippen LogP contribution >= 0.6 is 15.9 Å². The molecule has 0 aliphatic carbocycles. The number of benzene rings is 1. The number of amides is 1. The Labute approximate surface area is 139 Å². The van der Waals surface area contributed by atoms with Crippen molar-refractivity contribution in [1.82, 2.24) is 15.4 Å². The highest BCUT2D eigenvalue weighted by Gasteiger charge is 2.23. The zero-order valence-electron chi connectivity index (χ0n) is 12.0. The third-order valence-corrected chi connectivity index (χ3v) is 3.28. The second kappa shape index (κ2) is 7.49. The van der Waals surface area contributed by atoms with Crippen molar-refractivity contribution in [3.8, 4) is 0 Å². The van der Waals surface area contributed by atoms with E-state index in [0.717, 1.165) is 4.47 Å². The number of rotatable bonds is 6. The lowest BCUT2D eigenvalue weighted by atomic mass is 10.2. The monoisotopic (exact) mass is 380 g/mol. The number of hydrogen-bond acceptors (Lipinski definition) is 7. The van der Waals surface area contributed by atoms with Gasteiger partial charge in [0.1, 0.15) is 6.33 Å². The van der Waals surface area contributed by atoms with Gasteiger partial charge in [0.2, 0.25) is 11.6 Å². The smallest absolute Gasteiger partial charge is 0.354 e. The largest absolute Gasteiger partial charge is 0.364 e. The number of halogens is 1. The minimum atomic E-state index is -0.619. The average molecular weight is 381 g/mol. The summed E-state index contributed by atoms with van der Waals surface area (Å²) < 4.78 is 0.837. The van der Waals surface area contributed by atoms with Gasteiger partial charge in [-0.15, -0.1) is 0 Å². The third-order valence-electron chi connectivity index (χ3n) is 2.75. The van der Waals surface area contributed by atoms with Gasteiger partial charge in [-0.05, 0) is 31.2 Å². The quantitative estimate of drug-likeness (QED) is 0.519. The number of carbonyl (C=O) groups is 1. The van der Waals surface area contributed by atoms with Crippen LogP contribution < -0.4 is 16.2 Å². The van der Waals surface area contributed by atoms with Crippen LogP contribution in [0.15, 0.2) is 35.1 Å². The summed E-state index contributed by atoms with van der Waals surface area (Å²) in [6, 6.07) is 6.65. The lowest BCUT2D eigenvalue weighted by Gasteiger charge is -2.10. The number of nitrogens with zero attached hydrogens (tertiary/aromatic N) is 3. The van der Waals surface area contributed by atoms with Crippen LogP contribution in [0.3, 0.4) is 0 Å². The van der Waals surface area contributed by atoms with E-state index in [-0.39, 0.29) is 17.3 Å². The summed E-state index contributed by atoms with van der Waals surface area (Å²) in [7, 11) is 0. The van der Waals surface area contributed by atoms with Crippen molar-refractivity contribution in [2.24, 2.45) is 0 Å². The van der Waals surface area contributed by atoms with Crippen molar-refractivity contribution >= 4 is 39.2 Å². The number of hydrogen-bond donors (Lipinski definition) is 3. The summed E-state index contributed by atoms with van der Waals surface area (Å²) in [4.78, 5) is 30.2. The fourth-order valence-electron chi connectivity index (χ4n) is 1.73. The Balaban J connectivity index is 2.16. The molecule has 1 amide bonds. The first-order valence-corrected chi connectivity index (χ1v) is 7.37. The van der Waals surface area contributed by atoms with Gasteiger partial charge in [-0.2, -0.15) is 0 Å². The molecule has 0 aliphatic heterocycles. The normalized spacial score (nSPS) is 10.0. The number of anilines is 2. The molecule has 1 heterocycles. The Morgan fingerprint density at radius 3 is 2.52 bits per heavy atom. The van der Waals surface area contributed by atoms with Crippen molar-refractivity contribution in [3.63, 3.8) is 0 Å². The van der Waals surface area contributed by atoms with Gasteiger partial charge >= 0.3 is 5.69 Å². The summed E-state index contributed by atoms with van der Waals surface area (Å²) in [5.41, 5.74) is 4.89. The molecule has 0 radical (unpaired) electrons. The first kappa shape index (κ1) is 16.6. The average Bonchev–Trinajstić information content (AvgIpc) is 2.53. The molecule has 0 aliphatic rings. The first-order valence-electron chi connectivity index (χ1n) is 6.58. The van der Waals surface area contributed by atoms with Gasteiger partial charge in [0.15, 0.2) is 0 Å². The third kappa shape index (κ3) is 4.13. The molecule has 0 saturated heterocycles. The number of carbonyl (C=O) groups excluding carboxylic acids is 1. The molecule has 1 aromatic carbocycles. The fraction of sp³-hybridized carbons (Fsp3) is 0.154. The van der Waals surface area contributed by atoms with Gasteiger partial charge in [-0.25, -0.2) is 9.97 Å². The SMILES string of the molecule is CCNc1ncnc(NNC(=O)c2ccc(Br)cc2)c1[N+](=O)[O-]. The summed E-state index contributed by atoms with van der Waals surface area (Å²) in [5.74, 6) is -0.477. The minimum Gasteiger partial charge on any atom is -0.364 e. The number of nitrogens with one attached hydrogen (secondary N) is 3. The molecule has 3 N–H and O–H groups in total. The van der Waals surface area contributed by atoms with Crippen molar-refractivity contribution < 1.29 is 9.72 Å². The van der Waals surface area contributed by atoms with Gasteiger partial charge in [0, 0.05) is 16.6 Å². The molecule has 0 saturated carbocycles. The molecule has 0 spiro atoms.